The van der Waals surface area contributed by atoms with Crippen molar-refractivity contribution in [3.8, 4) is 0 Å². The Kier molecular flexibility index (Phi) is 12.2. The maximum absolute atomic E-state index is 12.5. The van der Waals surface area contributed by atoms with Crippen molar-refractivity contribution in [2.75, 3.05) is 41.7 Å². The van der Waals surface area contributed by atoms with Gasteiger partial charge in [0.1, 0.15) is 63.1 Å². The van der Waals surface area contributed by atoms with Gasteiger partial charge in [-0.05, 0) is 76.5 Å². The number of ether oxygens (including phenoxy) is 20. The lowest BCUT2D eigenvalue weighted by Gasteiger charge is -2.70. The summed E-state index contributed by atoms with van der Waals surface area (Å²) >= 11 is 0. The molecule has 28 atom stereocenters. The molecule has 8 aliphatic carbocycles. The van der Waals surface area contributed by atoms with Crippen molar-refractivity contribution in [1.29, 1.82) is 0 Å². The van der Waals surface area contributed by atoms with Crippen LogP contribution in [0.25, 0.3) is 0 Å². The predicted molar refractivity (Wildman–Crippen MR) is 277 cm³/mol. The molecule has 0 aromatic rings. The fraction of sp³-hybridized carbons (Fsp3) is 0.934. The largest absolute Gasteiger partial charge is 0.456 e. The van der Waals surface area contributed by atoms with Crippen molar-refractivity contribution in [3.05, 3.63) is 0 Å². The van der Waals surface area contributed by atoms with E-state index in [0.717, 1.165) is 103 Å². The number of hydrogen-bond donors (Lipinski definition) is 0. The molecule has 12 saturated heterocycles. The third kappa shape index (κ3) is 6.98. The van der Waals surface area contributed by atoms with Crippen molar-refractivity contribution < 1.29 is 114 Å². The predicted octanol–water partition coefficient (Wildman–Crippen LogP) is 4.58. The first-order valence-electron chi connectivity index (χ1n) is 31.8. The Labute approximate surface area is 492 Å². The van der Waals surface area contributed by atoms with E-state index in [1.54, 1.807) is 35.4 Å². The summed E-state index contributed by atoms with van der Waals surface area (Å²) in [5.74, 6) is -2.45. The number of rotatable bonds is 4. The number of fused-ring (bicyclic) bond motifs is 7. The van der Waals surface area contributed by atoms with E-state index in [4.69, 9.17) is 94.7 Å². The second-order valence-corrected chi connectivity index (χ2v) is 28.7. The van der Waals surface area contributed by atoms with Crippen LogP contribution in [0.2, 0.25) is 0 Å². The van der Waals surface area contributed by atoms with Crippen LogP contribution in [0.3, 0.4) is 0 Å². The molecule has 12 heterocycles. The zero-order valence-corrected chi connectivity index (χ0v) is 49.7. The van der Waals surface area contributed by atoms with Gasteiger partial charge in [-0.2, -0.15) is 0 Å². The maximum atomic E-state index is 12.5. The van der Waals surface area contributed by atoms with Crippen LogP contribution < -0.4 is 0 Å². The second kappa shape index (κ2) is 18.5. The Hall–Kier alpha value is -2.76. The molecule has 12 aliphatic heterocycles. The Bertz CT molecular complexity index is 2810. The second-order valence-electron chi connectivity index (χ2n) is 28.7. The summed E-state index contributed by atoms with van der Waals surface area (Å²) < 4.78 is 120. The molecule has 20 fully saturated rings. The first-order chi connectivity index (χ1) is 40.8. The molecule has 85 heavy (non-hydrogen) atoms. The smallest absolute Gasteiger partial charge is 0.306 e. The first-order valence-corrected chi connectivity index (χ1v) is 31.8. The fourth-order valence-corrected chi connectivity index (χ4v) is 22.8. The Morgan fingerprint density at radius 3 is 1.86 bits per heavy atom. The summed E-state index contributed by atoms with van der Waals surface area (Å²) in [6.45, 7) is 5.51. The zero-order chi connectivity index (χ0) is 58.3. The van der Waals surface area contributed by atoms with E-state index < -0.39 is 93.6 Å². The summed E-state index contributed by atoms with van der Waals surface area (Å²) in [4.78, 5) is 48.3. The van der Waals surface area contributed by atoms with Crippen molar-refractivity contribution >= 4 is 23.9 Å². The van der Waals surface area contributed by atoms with Gasteiger partial charge in [0.05, 0.1) is 57.2 Å². The van der Waals surface area contributed by atoms with Crippen LogP contribution in [0.1, 0.15) is 149 Å². The highest BCUT2D eigenvalue weighted by molar-refractivity contribution is 5.74. The highest BCUT2D eigenvalue weighted by Crippen LogP contribution is 2.81. The van der Waals surface area contributed by atoms with Gasteiger partial charge in [0, 0.05) is 85.2 Å². The number of carbonyl (C=O) groups is 4. The standard InChI is InChI=1S/C19H24O6.C15H20O6.C14H20O6.C13H18O6/c1-15-23-16-5-3-4-11-7-13(20)22-14(19(11,16)25-15)18(21-2)9-10-6-12(16)17(18,8-10)24-15;1-13-19-9-7-14(20-13)5-3-4-8-6-10(16)18-12(11(9)17-2)15(8,14)21-13;1-13-17-7-9(16-2)12-14(20-13)8(6-11(15)18-12)4-3-5-10(14)19-13;1-15-8-6-16-12-17-9-4-2-3-7-5-10(14)18-11(8)13(7,9)19-12/h10-12,14H,3-9H2,1-2H3;8-9,11-12H,3-7H2,1-2H3;8-10,12H,3-7H2,1-2H3;7-9,11-12H,2-6H2,1H3. The van der Waals surface area contributed by atoms with E-state index in [2.05, 4.69) is 0 Å². The molecule has 11 bridgehead atoms. The number of methoxy groups -OCH3 is 4. The molecule has 0 aromatic heterocycles. The third-order valence-electron chi connectivity index (χ3n) is 25.0. The van der Waals surface area contributed by atoms with Crippen LogP contribution in [0.5, 0.6) is 0 Å². The number of hydrogen-bond acceptors (Lipinski definition) is 24. The van der Waals surface area contributed by atoms with Crippen LogP contribution in [-0.4, -0.2) is 196 Å². The van der Waals surface area contributed by atoms with Crippen LogP contribution in [0.15, 0.2) is 0 Å². The molecule has 0 N–H and O–H groups in total. The SMILES string of the molecule is COC12CC3CC4C1(C3)OC1(C)OC43CCCC4CC(=O)OC2C43O1.COC1C2CC34CCCC5CC(=O)OC1C53OC(C)(O2)O4.COC1COC2(C)OC3CCCC4CC(=O)OC1C43O2.COC1COC2OC3CCCC4CC(=O)OC1C43O2. The van der Waals surface area contributed by atoms with E-state index in [0.29, 0.717) is 44.8 Å². The molecule has 0 radical (unpaired) electrons. The topological polar surface area (TPSA) is 253 Å². The molecule has 20 aliphatic rings. The van der Waals surface area contributed by atoms with Gasteiger partial charge in [-0.25, -0.2) is 0 Å². The zero-order valence-electron chi connectivity index (χ0n) is 49.7. The van der Waals surface area contributed by atoms with Crippen LogP contribution in [0.4, 0.5) is 0 Å². The lowest BCUT2D eigenvalue weighted by molar-refractivity contribution is -0.442. The lowest BCUT2D eigenvalue weighted by atomic mass is 9.44. The summed E-state index contributed by atoms with van der Waals surface area (Å²) in [6.07, 6.45) is 14.2. The van der Waals surface area contributed by atoms with Gasteiger partial charge < -0.3 is 94.7 Å². The summed E-state index contributed by atoms with van der Waals surface area (Å²) in [5, 5.41) is 0. The van der Waals surface area contributed by atoms with Gasteiger partial charge in [0.25, 0.3) is 24.4 Å². The van der Waals surface area contributed by atoms with Crippen molar-refractivity contribution in [3.63, 3.8) is 0 Å². The number of carbonyl (C=O) groups excluding carboxylic acids is 4. The quantitative estimate of drug-likeness (QED) is 0.276. The Morgan fingerprint density at radius 2 is 1.13 bits per heavy atom. The van der Waals surface area contributed by atoms with E-state index >= 15 is 0 Å². The normalized spacial score (nSPS) is 59.4. The molecule has 0 aromatic carbocycles. The fourth-order valence-electron chi connectivity index (χ4n) is 22.8. The molecule has 28 unspecified atom stereocenters. The van der Waals surface area contributed by atoms with Gasteiger partial charge in [0.15, 0.2) is 24.4 Å². The minimum absolute atomic E-state index is 0.0627. The van der Waals surface area contributed by atoms with Gasteiger partial charge in [0.2, 0.25) is 0 Å². The lowest BCUT2D eigenvalue weighted by Crippen LogP contribution is -2.86. The molecule has 24 heteroatoms. The third-order valence-corrected chi connectivity index (χ3v) is 25.0. The van der Waals surface area contributed by atoms with Gasteiger partial charge in [-0.3, -0.25) is 19.2 Å². The van der Waals surface area contributed by atoms with Gasteiger partial charge >= 0.3 is 23.9 Å². The number of esters is 4. The molecule has 0 amide bonds. The highest BCUT2D eigenvalue weighted by Gasteiger charge is 2.95. The van der Waals surface area contributed by atoms with E-state index in [1.807, 2.05) is 13.8 Å². The Balaban J connectivity index is 0.0000000895. The molecule has 7 spiro atoms. The van der Waals surface area contributed by atoms with Crippen molar-refractivity contribution in [2.24, 2.45) is 35.5 Å². The van der Waals surface area contributed by atoms with Crippen molar-refractivity contribution in [1.82, 2.24) is 0 Å². The van der Waals surface area contributed by atoms with Crippen LogP contribution in [0, 0.1) is 35.5 Å². The van der Waals surface area contributed by atoms with Gasteiger partial charge in [-0.1, -0.05) is 25.7 Å². The monoisotopic (exact) mass is 1200 g/mol. The average molecular weight is 1200 g/mol. The highest BCUT2D eigenvalue weighted by atomic mass is 16.9. The van der Waals surface area contributed by atoms with Crippen LogP contribution in [-0.2, 0) is 114 Å². The molecule has 470 valence electrons. The van der Waals surface area contributed by atoms with Crippen LogP contribution >= 0.6 is 0 Å². The molecule has 24 nitrogen and oxygen atoms in total. The van der Waals surface area contributed by atoms with E-state index in [9.17, 15) is 19.2 Å². The minimum Gasteiger partial charge on any atom is -0.456 e. The molecule has 8 saturated carbocycles. The maximum Gasteiger partial charge on any atom is 0.306 e. The Morgan fingerprint density at radius 1 is 0.506 bits per heavy atom. The minimum atomic E-state index is -1.05. The average Bonchev–Trinajstić information content (AvgIpc) is 1.47. The van der Waals surface area contributed by atoms with E-state index in [-0.39, 0.29) is 90.1 Å². The molecular weight excluding hydrogens is 1120 g/mol. The molecule has 20 rings (SSSR count). The van der Waals surface area contributed by atoms with Gasteiger partial charge in [-0.15, -0.1) is 0 Å². The van der Waals surface area contributed by atoms with E-state index in [1.165, 1.54) is 0 Å². The molecular formula is C61H82O24. The van der Waals surface area contributed by atoms with Crippen molar-refractivity contribution in [2.45, 2.75) is 279 Å². The summed E-state index contributed by atoms with van der Waals surface area (Å²) in [5.41, 5.74) is -4.27. The summed E-state index contributed by atoms with van der Waals surface area (Å²) in [6, 6.07) is 0. The summed E-state index contributed by atoms with van der Waals surface area (Å²) in [7, 11) is 6.63. The first kappa shape index (κ1) is 56.2.